The number of amides is 1. The Kier molecular flexibility index (Phi) is 9.19. The molecule has 11 nitrogen and oxygen atoms in total. The third kappa shape index (κ3) is 6.82. The van der Waals surface area contributed by atoms with Crippen LogP contribution in [0.5, 0.6) is 0 Å². The van der Waals surface area contributed by atoms with Crippen LogP contribution in [-0.4, -0.2) is 75.6 Å². The van der Waals surface area contributed by atoms with E-state index in [4.69, 9.17) is 30.9 Å². The molecule has 0 fully saturated rings. The van der Waals surface area contributed by atoms with Gasteiger partial charge in [-0.3, -0.25) is 14.5 Å². The van der Waals surface area contributed by atoms with Crippen LogP contribution in [-0.2, 0) is 30.3 Å². The summed E-state index contributed by atoms with van der Waals surface area (Å²) in [7, 11) is 0. The topological polar surface area (TPSA) is 188 Å². The van der Waals surface area contributed by atoms with E-state index in [1.54, 1.807) is 6.92 Å². The average molecular weight is 412 g/mol. The molecule has 0 aliphatic carbocycles. The minimum atomic E-state index is -2.27. The van der Waals surface area contributed by atoms with Crippen molar-refractivity contribution in [1.29, 1.82) is 0 Å². The number of rotatable bonds is 6. The first kappa shape index (κ1) is 24.0. The Hall–Kier alpha value is -3.02. The first-order valence-corrected chi connectivity index (χ1v) is 8.72. The maximum atomic E-state index is 12.2. The lowest BCUT2D eigenvalue weighted by atomic mass is 10.1. The first-order valence-electron chi connectivity index (χ1n) is 8.72. The number of esters is 1. The van der Waals surface area contributed by atoms with Crippen molar-refractivity contribution >= 4 is 29.5 Å². The Morgan fingerprint density at radius 3 is 2.24 bits per heavy atom. The van der Waals surface area contributed by atoms with Crippen LogP contribution in [0.25, 0.3) is 0 Å². The molecule has 1 amide bonds. The summed E-state index contributed by atoms with van der Waals surface area (Å²) in [6.07, 6.45) is -3.20. The third-order valence-corrected chi connectivity index (χ3v) is 3.99. The highest BCUT2D eigenvalue weighted by atomic mass is 16.5. The minimum absolute atomic E-state index is 0.0859. The molecule has 1 heterocycles. The molecule has 0 bridgehead atoms. The summed E-state index contributed by atoms with van der Waals surface area (Å²) in [4.78, 5) is 44.8. The molecule has 0 aromatic heterocycles. The van der Waals surface area contributed by atoms with Gasteiger partial charge in [-0.15, -0.1) is 0 Å². The van der Waals surface area contributed by atoms with Crippen LogP contribution in [0.1, 0.15) is 18.9 Å². The van der Waals surface area contributed by atoms with Crippen molar-refractivity contribution in [3.8, 4) is 0 Å². The highest BCUT2D eigenvalue weighted by Crippen LogP contribution is 2.26. The lowest BCUT2D eigenvalue weighted by Gasteiger charge is -2.23. The fourth-order valence-corrected chi connectivity index (χ4v) is 2.51. The summed E-state index contributed by atoms with van der Waals surface area (Å²) in [5.74, 6) is -4.18. The maximum Gasteiger partial charge on any atom is 0.335 e. The number of carboxylic acid groups (broad SMARTS) is 2. The number of para-hydroxylation sites is 1. The van der Waals surface area contributed by atoms with E-state index < -0.39 is 36.2 Å². The number of fused-ring (bicyclic) bond motifs is 1. The van der Waals surface area contributed by atoms with Crippen LogP contribution in [0.3, 0.4) is 0 Å². The van der Waals surface area contributed by atoms with E-state index in [0.717, 1.165) is 17.7 Å². The van der Waals surface area contributed by atoms with Crippen molar-refractivity contribution in [2.45, 2.75) is 38.0 Å². The molecule has 0 radical (unpaired) electrons. The van der Waals surface area contributed by atoms with Gasteiger partial charge in [0.25, 0.3) is 0 Å². The molecule has 6 N–H and O–H groups in total. The standard InChI is InChI=1S/C14H18N2O3.C4H6O6/c1-2-19-13(17)9-16-12-6-4-3-5-10(12)7-8-11(15)14(16)18;5-1(3(7)8)2(6)4(9)10/h3-6,11H,2,7-9,15H2,1H3;1-2,5-6H,(H,7,8)(H,9,10). The molecule has 29 heavy (non-hydrogen) atoms. The predicted octanol–water partition coefficient (Wildman–Crippen LogP) is -1.27. The zero-order chi connectivity index (χ0) is 22.1. The predicted molar refractivity (Wildman–Crippen MR) is 99.0 cm³/mol. The van der Waals surface area contributed by atoms with E-state index in [1.807, 2.05) is 24.3 Å². The van der Waals surface area contributed by atoms with Gasteiger partial charge in [0.2, 0.25) is 5.91 Å². The zero-order valence-corrected chi connectivity index (χ0v) is 15.7. The Bertz CT molecular complexity index is 735. The number of carboxylic acids is 2. The lowest BCUT2D eigenvalue weighted by Crippen LogP contribution is -2.45. The van der Waals surface area contributed by atoms with Crippen LogP contribution < -0.4 is 10.6 Å². The molecule has 1 aromatic carbocycles. The molecular formula is C18H24N2O9. The number of aliphatic hydroxyl groups is 2. The zero-order valence-electron chi connectivity index (χ0n) is 15.7. The van der Waals surface area contributed by atoms with Crippen molar-refractivity contribution in [1.82, 2.24) is 0 Å². The van der Waals surface area contributed by atoms with Gasteiger partial charge < -0.3 is 30.9 Å². The quantitative estimate of drug-likeness (QED) is 0.353. The Labute approximate surface area is 166 Å². The molecule has 0 saturated carbocycles. The van der Waals surface area contributed by atoms with E-state index in [-0.39, 0.29) is 12.5 Å². The number of aliphatic carboxylic acids is 2. The molecule has 1 aromatic rings. The van der Waals surface area contributed by atoms with E-state index in [9.17, 15) is 19.2 Å². The Morgan fingerprint density at radius 2 is 1.72 bits per heavy atom. The number of carbonyl (C=O) groups is 4. The number of ether oxygens (including phenoxy) is 1. The fraction of sp³-hybridized carbons (Fsp3) is 0.444. The van der Waals surface area contributed by atoms with Crippen LogP contribution in [0.4, 0.5) is 5.69 Å². The normalized spacial score (nSPS) is 17.7. The van der Waals surface area contributed by atoms with Crippen molar-refractivity contribution in [3.63, 3.8) is 0 Å². The highest BCUT2D eigenvalue weighted by molar-refractivity contribution is 6.01. The number of anilines is 1. The van der Waals surface area contributed by atoms with Crippen molar-refractivity contribution in [2.24, 2.45) is 5.73 Å². The first-order chi connectivity index (χ1) is 13.6. The molecule has 3 unspecified atom stereocenters. The van der Waals surface area contributed by atoms with E-state index in [0.29, 0.717) is 13.0 Å². The third-order valence-electron chi connectivity index (χ3n) is 3.99. The average Bonchev–Trinajstić information content (AvgIpc) is 2.79. The summed E-state index contributed by atoms with van der Waals surface area (Å²) >= 11 is 0. The molecule has 2 rings (SSSR count). The molecule has 0 spiro atoms. The van der Waals surface area contributed by atoms with Gasteiger partial charge in [-0.2, -0.15) is 0 Å². The van der Waals surface area contributed by atoms with Gasteiger partial charge >= 0.3 is 17.9 Å². The van der Waals surface area contributed by atoms with Crippen LogP contribution >= 0.6 is 0 Å². The number of hydrogen-bond acceptors (Lipinski definition) is 8. The molecular weight excluding hydrogens is 388 g/mol. The maximum absolute atomic E-state index is 12.2. The van der Waals surface area contributed by atoms with Crippen molar-refractivity contribution in [2.75, 3.05) is 18.1 Å². The van der Waals surface area contributed by atoms with Crippen LogP contribution in [0, 0.1) is 0 Å². The van der Waals surface area contributed by atoms with Crippen molar-refractivity contribution < 1.29 is 44.3 Å². The van der Waals surface area contributed by atoms with E-state index in [1.165, 1.54) is 4.90 Å². The number of hydrogen-bond donors (Lipinski definition) is 5. The summed E-state index contributed by atoms with van der Waals surface area (Å²) in [5, 5.41) is 32.5. The number of carbonyl (C=O) groups excluding carboxylic acids is 2. The van der Waals surface area contributed by atoms with Gasteiger partial charge in [-0.05, 0) is 31.4 Å². The molecule has 3 atom stereocenters. The largest absolute Gasteiger partial charge is 0.479 e. The van der Waals surface area contributed by atoms with Crippen LogP contribution in [0.2, 0.25) is 0 Å². The van der Waals surface area contributed by atoms with Gasteiger partial charge in [0.15, 0.2) is 12.2 Å². The SMILES string of the molecule is CCOC(=O)CN1C(=O)C(N)CCc2ccccc21.O=C(O)C(O)C(O)C(=O)O. The summed E-state index contributed by atoms with van der Waals surface area (Å²) in [6.45, 7) is 1.95. The Morgan fingerprint density at radius 1 is 1.17 bits per heavy atom. The van der Waals surface area contributed by atoms with E-state index in [2.05, 4.69) is 0 Å². The number of nitrogens with zero attached hydrogens (tertiary/aromatic N) is 1. The van der Waals surface area contributed by atoms with Gasteiger partial charge in [-0.25, -0.2) is 9.59 Å². The number of nitrogens with two attached hydrogens (primary N) is 1. The summed E-state index contributed by atoms with van der Waals surface area (Å²) < 4.78 is 4.91. The van der Waals surface area contributed by atoms with Gasteiger partial charge in [0.05, 0.1) is 12.6 Å². The lowest BCUT2D eigenvalue weighted by molar-refractivity contribution is -0.165. The van der Waals surface area contributed by atoms with Gasteiger partial charge in [0.1, 0.15) is 6.54 Å². The van der Waals surface area contributed by atoms with Gasteiger partial charge in [-0.1, -0.05) is 18.2 Å². The Balaban J connectivity index is 0.000000359. The monoisotopic (exact) mass is 412 g/mol. The molecule has 1 aliphatic heterocycles. The molecule has 160 valence electrons. The highest BCUT2D eigenvalue weighted by Gasteiger charge is 2.30. The fourth-order valence-electron chi connectivity index (χ4n) is 2.51. The number of benzene rings is 1. The van der Waals surface area contributed by atoms with Crippen LogP contribution in [0.15, 0.2) is 24.3 Å². The second-order valence-corrected chi connectivity index (χ2v) is 6.07. The molecule has 1 aliphatic rings. The summed E-state index contributed by atoms with van der Waals surface area (Å²) in [6, 6.07) is 6.99. The smallest absolute Gasteiger partial charge is 0.335 e. The van der Waals surface area contributed by atoms with Gasteiger partial charge in [0, 0.05) is 5.69 Å². The number of aliphatic hydroxyl groups excluding tert-OH is 2. The summed E-state index contributed by atoms with van der Waals surface area (Å²) in [5.41, 5.74) is 7.65. The minimum Gasteiger partial charge on any atom is -0.479 e. The molecule has 0 saturated heterocycles. The second-order valence-electron chi connectivity index (χ2n) is 6.07. The number of aryl methyl sites for hydroxylation is 1. The molecule has 11 heteroatoms. The second kappa shape index (κ2) is 11.1. The van der Waals surface area contributed by atoms with Crippen molar-refractivity contribution in [3.05, 3.63) is 29.8 Å². The van der Waals surface area contributed by atoms with E-state index >= 15 is 0 Å².